The van der Waals surface area contributed by atoms with Gasteiger partial charge in [-0.1, -0.05) is 29.8 Å². The summed E-state index contributed by atoms with van der Waals surface area (Å²) in [7, 11) is 0. The van der Waals surface area contributed by atoms with E-state index in [9.17, 15) is 10.1 Å². The van der Waals surface area contributed by atoms with Crippen LogP contribution in [0.2, 0.25) is 5.02 Å². The van der Waals surface area contributed by atoms with E-state index in [1.54, 1.807) is 12.1 Å². The zero-order chi connectivity index (χ0) is 20.5. The molecular formula is C23H21ClN4O. The number of nitrogens with one attached hydrogen (secondary N) is 1. The molecule has 1 amide bonds. The van der Waals surface area contributed by atoms with E-state index in [-0.39, 0.29) is 24.0 Å². The molecule has 0 aliphatic carbocycles. The van der Waals surface area contributed by atoms with Gasteiger partial charge < -0.3 is 10.2 Å². The summed E-state index contributed by atoms with van der Waals surface area (Å²) < 4.78 is 0. The first kappa shape index (κ1) is 19.3. The van der Waals surface area contributed by atoms with Crippen molar-refractivity contribution in [3.05, 3.63) is 58.1 Å². The fraction of sp³-hybridized carbons (Fsp3) is 0.348. The van der Waals surface area contributed by atoms with Crippen molar-refractivity contribution in [1.82, 2.24) is 10.2 Å². The Morgan fingerprint density at radius 1 is 1.24 bits per heavy atom. The van der Waals surface area contributed by atoms with Gasteiger partial charge in [0.05, 0.1) is 35.2 Å². The number of rotatable bonds is 4. The molecule has 0 saturated carbocycles. The van der Waals surface area contributed by atoms with Crippen LogP contribution in [0, 0.1) is 29.7 Å². The van der Waals surface area contributed by atoms with Crippen molar-refractivity contribution < 1.29 is 4.79 Å². The Morgan fingerprint density at radius 3 is 2.76 bits per heavy atom. The zero-order valence-corrected chi connectivity index (χ0v) is 16.9. The minimum Gasteiger partial charge on any atom is -0.347 e. The molecule has 0 aromatic heterocycles. The van der Waals surface area contributed by atoms with E-state index >= 15 is 0 Å². The van der Waals surface area contributed by atoms with Gasteiger partial charge in [-0.25, -0.2) is 0 Å². The Kier molecular flexibility index (Phi) is 5.18. The Morgan fingerprint density at radius 2 is 2.07 bits per heavy atom. The normalized spacial score (nSPS) is 22.2. The highest BCUT2D eigenvalue weighted by molar-refractivity contribution is 6.34. The number of hydrogen-bond acceptors (Lipinski definition) is 4. The highest BCUT2D eigenvalue weighted by Gasteiger charge is 2.46. The molecule has 2 aliphatic rings. The van der Waals surface area contributed by atoms with Crippen LogP contribution < -0.4 is 5.32 Å². The Hall–Kier alpha value is -3.02. The molecule has 146 valence electrons. The Balaban J connectivity index is 1.54. The van der Waals surface area contributed by atoms with Crippen molar-refractivity contribution in [3.63, 3.8) is 0 Å². The maximum atomic E-state index is 12.8. The average molecular weight is 405 g/mol. The third-order valence-corrected chi connectivity index (χ3v) is 6.39. The molecule has 1 N–H and O–H groups in total. The van der Waals surface area contributed by atoms with E-state index in [1.807, 2.05) is 36.1 Å². The third kappa shape index (κ3) is 3.55. The molecule has 2 bridgehead atoms. The summed E-state index contributed by atoms with van der Waals surface area (Å²) in [5.74, 6) is -0.202. The second kappa shape index (κ2) is 7.78. The number of benzene rings is 2. The molecule has 0 unspecified atom stereocenters. The fourth-order valence-electron chi connectivity index (χ4n) is 4.59. The third-order valence-electron chi connectivity index (χ3n) is 6.08. The highest BCUT2D eigenvalue weighted by Crippen LogP contribution is 2.37. The summed E-state index contributed by atoms with van der Waals surface area (Å²) in [5.41, 5.74) is 4.39. The van der Waals surface area contributed by atoms with Crippen molar-refractivity contribution in [2.24, 2.45) is 0 Å². The van der Waals surface area contributed by atoms with E-state index in [2.05, 4.69) is 17.6 Å². The van der Waals surface area contributed by atoms with Gasteiger partial charge >= 0.3 is 0 Å². The number of amides is 1. The van der Waals surface area contributed by atoms with E-state index in [0.717, 1.165) is 41.5 Å². The molecular weight excluding hydrogens is 384 g/mol. The molecule has 4 rings (SSSR count). The number of aryl methyl sites for hydroxylation is 1. The Bertz CT molecular complexity index is 1050. The maximum Gasteiger partial charge on any atom is 0.253 e. The van der Waals surface area contributed by atoms with Crippen molar-refractivity contribution in [2.75, 3.05) is 0 Å². The van der Waals surface area contributed by atoms with Crippen LogP contribution in [0.4, 0.5) is 0 Å². The van der Waals surface area contributed by atoms with E-state index in [1.165, 1.54) is 0 Å². The first-order chi connectivity index (χ1) is 14.0. The van der Waals surface area contributed by atoms with Crippen LogP contribution in [0.3, 0.4) is 0 Å². The number of hydrogen-bond donors (Lipinski definition) is 1. The van der Waals surface area contributed by atoms with Crippen molar-refractivity contribution >= 4 is 17.5 Å². The topological polar surface area (TPSA) is 79.9 Å². The summed E-state index contributed by atoms with van der Waals surface area (Å²) in [6.45, 7) is 2.01. The summed E-state index contributed by atoms with van der Waals surface area (Å²) in [6.07, 6.45) is 5.38. The number of nitrogens with zero attached hydrogens (tertiary/aromatic N) is 3. The van der Waals surface area contributed by atoms with Crippen molar-refractivity contribution in [2.45, 2.75) is 50.7 Å². The predicted octanol–water partition coefficient (Wildman–Crippen LogP) is 4.20. The molecule has 2 heterocycles. The standard InChI is InChI=1S/C23H21ClN4O/c1-14-2-3-15(8-9-25)10-19(14)16-4-6-18(20(24)11-16)23(29)27-21-12-17-5-7-22(21)28(17)13-26/h2-4,6,10-11,17,21-22H,5,7-8,12H2,1H3,(H,27,29)/t17-,21+,22+/m0/s1. The van der Waals surface area contributed by atoms with E-state index < -0.39 is 0 Å². The molecule has 0 spiro atoms. The fourth-order valence-corrected chi connectivity index (χ4v) is 4.86. The number of nitriles is 2. The largest absolute Gasteiger partial charge is 0.347 e. The van der Waals surface area contributed by atoms with Crippen LogP contribution in [-0.4, -0.2) is 28.9 Å². The molecule has 29 heavy (non-hydrogen) atoms. The van der Waals surface area contributed by atoms with Gasteiger partial charge in [0.2, 0.25) is 0 Å². The van der Waals surface area contributed by atoms with Crippen LogP contribution >= 0.6 is 11.6 Å². The number of fused-ring (bicyclic) bond motifs is 2. The van der Waals surface area contributed by atoms with Gasteiger partial charge in [-0.2, -0.15) is 10.5 Å². The van der Waals surface area contributed by atoms with E-state index in [4.69, 9.17) is 16.9 Å². The predicted molar refractivity (Wildman–Crippen MR) is 111 cm³/mol. The zero-order valence-electron chi connectivity index (χ0n) is 16.2. The first-order valence-electron chi connectivity index (χ1n) is 9.77. The maximum absolute atomic E-state index is 12.8. The summed E-state index contributed by atoms with van der Waals surface area (Å²) >= 11 is 6.47. The van der Waals surface area contributed by atoms with Crippen molar-refractivity contribution in [1.29, 1.82) is 10.5 Å². The van der Waals surface area contributed by atoms with Gasteiger partial charge in [0, 0.05) is 6.04 Å². The van der Waals surface area contributed by atoms with Crippen LogP contribution in [0.15, 0.2) is 36.4 Å². The Labute approximate surface area is 175 Å². The minimum atomic E-state index is -0.202. The SMILES string of the molecule is Cc1ccc(CC#N)cc1-c1ccc(C(=O)N[C@@H]2C[C@@H]3CC[C@H]2N3C#N)c(Cl)c1. The molecule has 5 nitrogen and oxygen atoms in total. The summed E-state index contributed by atoms with van der Waals surface area (Å²) in [6, 6.07) is 13.9. The summed E-state index contributed by atoms with van der Waals surface area (Å²) in [5, 5.41) is 21.7. The van der Waals surface area contributed by atoms with Gasteiger partial charge in [0.15, 0.2) is 6.19 Å². The highest BCUT2D eigenvalue weighted by atomic mass is 35.5. The lowest BCUT2D eigenvalue weighted by molar-refractivity contribution is 0.0928. The van der Waals surface area contributed by atoms with Gasteiger partial charge in [-0.05, 0) is 66.6 Å². The van der Waals surface area contributed by atoms with E-state index in [0.29, 0.717) is 17.0 Å². The molecule has 2 aromatic rings. The second-order valence-corrected chi connectivity index (χ2v) is 8.21. The molecule has 0 radical (unpaired) electrons. The lowest BCUT2D eigenvalue weighted by atomic mass is 9.94. The molecule has 2 aromatic carbocycles. The number of halogens is 1. The quantitative estimate of drug-likeness (QED) is 0.774. The molecule has 3 atom stereocenters. The van der Waals surface area contributed by atoms with Gasteiger partial charge in [-0.15, -0.1) is 0 Å². The van der Waals surface area contributed by atoms with Crippen LogP contribution in [0.25, 0.3) is 11.1 Å². The molecule has 6 heteroatoms. The van der Waals surface area contributed by atoms with Crippen LogP contribution in [0.5, 0.6) is 0 Å². The minimum absolute atomic E-state index is 0.0125. The van der Waals surface area contributed by atoms with Crippen LogP contribution in [0.1, 0.15) is 40.7 Å². The lowest BCUT2D eigenvalue weighted by Gasteiger charge is -2.22. The smallest absolute Gasteiger partial charge is 0.253 e. The summed E-state index contributed by atoms with van der Waals surface area (Å²) in [4.78, 5) is 14.6. The second-order valence-electron chi connectivity index (χ2n) is 7.80. The first-order valence-corrected chi connectivity index (χ1v) is 10.1. The van der Waals surface area contributed by atoms with Gasteiger partial charge in [0.1, 0.15) is 0 Å². The number of carbonyl (C=O) groups excluding carboxylic acids is 1. The van der Waals surface area contributed by atoms with Gasteiger partial charge in [-0.3, -0.25) is 4.79 Å². The lowest BCUT2D eigenvalue weighted by Crippen LogP contribution is -2.43. The van der Waals surface area contributed by atoms with Gasteiger partial charge in [0.25, 0.3) is 5.91 Å². The molecule has 2 fully saturated rings. The average Bonchev–Trinajstić information content (AvgIpc) is 3.26. The number of carbonyl (C=O) groups is 1. The van der Waals surface area contributed by atoms with Crippen LogP contribution in [-0.2, 0) is 6.42 Å². The monoisotopic (exact) mass is 404 g/mol. The van der Waals surface area contributed by atoms with Crippen molar-refractivity contribution in [3.8, 4) is 23.4 Å². The molecule has 2 aliphatic heterocycles. The molecule has 2 saturated heterocycles.